The second kappa shape index (κ2) is 10.8. The van der Waals surface area contributed by atoms with E-state index in [9.17, 15) is 9.59 Å². The molecule has 3 heterocycles. The molecule has 34 heavy (non-hydrogen) atoms. The van der Waals surface area contributed by atoms with E-state index in [1.807, 2.05) is 31.5 Å². The molecule has 9 heteroatoms. The number of carbonyl (C=O) groups is 2. The largest absolute Gasteiger partial charge is 0.490 e. The molecular formula is C25H34N4O5. The smallest absolute Gasteiger partial charge is 0.274 e. The summed E-state index contributed by atoms with van der Waals surface area (Å²) in [5, 5.41) is 4.51. The zero-order valence-corrected chi connectivity index (χ0v) is 20.3. The molecule has 0 bridgehead atoms. The van der Waals surface area contributed by atoms with E-state index in [4.69, 9.17) is 14.2 Å². The molecule has 0 radical (unpaired) electrons. The van der Waals surface area contributed by atoms with Gasteiger partial charge in [0.15, 0.2) is 17.2 Å². The molecule has 0 spiro atoms. The molecule has 1 fully saturated rings. The van der Waals surface area contributed by atoms with Gasteiger partial charge >= 0.3 is 0 Å². The van der Waals surface area contributed by atoms with Crippen molar-refractivity contribution in [2.75, 3.05) is 46.0 Å². The van der Waals surface area contributed by atoms with Gasteiger partial charge in [-0.15, -0.1) is 0 Å². The molecule has 0 unspecified atom stereocenters. The average molecular weight is 471 g/mol. The number of piperazine rings is 1. The first-order valence-corrected chi connectivity index (χ1v) is 12.3. The van der Waals surface area contributed by atoms with Crippen LogP contribution < -0.4 is 14.2 Å². The van der Waals surface area contributed by atoms with Crippen molar-refractivity contribution < 1.29 is 23.8 Å². The van der Waals surface area contributed by atoms with Gasteiger partial charge in [-0.1, -0.05) is 0 Å². The summed E-state index contributed by atoms with van der Waals surface area (Å²) >= 11 is 0. The van der Waals surface area contributed by atoms with Crippen molar-refractivity contribution in [2.45, 2.75) is 46.6 Å². The van der Waals surface area contributed by atoms with Gasteiger partial charge < -0.3 is 24.0 Å². The van der Waals surface area contributed by atoms with Crippen molar-refractivity contribution in [3.8, 4) is 17.2 Å². The Morgan fingerprint density at radius 1 is 0.794 bits per heavy atom. The van der Waals surface area contributed by atoms with Gasteiger partial charge in [0.25, 0.3) is 11.8 Å². The van der Waals surface area contributed by atoms with Gasteiger partial charge in [-0.3, -0.25) is 14.3 Å². The molecule has 2 aliphatic rings. The lowest BCUT2D eigenvalue weighted by Gasteiger charge is -2.34. The molecule has 1 aromatic heterocycles. The van der Waals surface area contributed by atoms with E-state index in [0.29, 0.717) is 74.5 Å². The number of ether oxygens (including phenoxy) is 3. The second-order valence-electron chi connectivity index (χ2n) is 8.39. The maximum atomic E-state index is 13.3. The predicted octanol–water partition coefficient (Wildman–Crippen LogP) is 3.01. The highest BCUT2D eigenvalue weighted by molar-refractivity contribution is 5.96. The van der Waals surface area contributed by atoms with Gasteiger partial charge in [0.1, 0.15) is 0 Å². The normalized spacial score (nSPS) is 15.6. The number of hydrogen-bond acceptors (Lipinski definition) is 6. The Morgan fingerprint density at radius 3 is 1.94 bits per heavy atom. The lowest BCUT2D eigenvalue weighted by atomic mass is 10.1. The third-order valence-electron chi connectivity index (χ3n) is 6.15. The predicted molar refractivity (Wildman–Crippen MR) is 127 cm³/mol. The first-order chi connectivity index (χ1) is 16.5. The Labute approximate surface area is 200 Å². The number of carbonyl (C=O) groups excluding carboxylic acids is 2. The van der Waals surface area contributed by atoms with Crippen LogP contribution in [-0.4, -0.2) is 77.4 Å². The zero-order valence-electron chi connectivity index (χ0n) is 20.3. The molecule has 9 nitrogen and oxygen atoms in total. The zero-order chi connectivity index (χ0) is 24.1. The van der Waals surface area contributed by atoms with Crippen molar-refractivity contribution in [1.82, 2.24) is 19.6 Å². The highest BCUT2D eigenvalue weighted by atomic mass is 16.5. The number of rotatable bonds is 8. The van der Waals surface area contributed by atoms with E-state index in [1.54, 1.807) is 21.9 Å². The topological polar surface area (TPSA) is 86.1 Å². The maximum Gasteiger partial charge on any atom is 0.274 e. The summed E-state index contributed by atoms with van der Waals surface area (Å²) in [7, 11) is 0. The first kappa shape index (κ1) is 23.9. The van der Waals surface area contributed by atoms with Gasteiger partial charge in [0.2, 0.25) is 5.75 Å². The van der Waals surface area contributed by atoms with Crippen molar-refractivity contribution in [2.24, 2.45) is 0 Å². The highest BCUT2D eigenvalue weighted by Crippen LogP contribution is 2.39. The van der Waals surface area contributed by atoms with Crippen LogP contribution in [0.2, 0.25) is 0 Å². The van der Waals surface area contributed by atoms with Crippen LogP contribution >= 0.6 is 0 Å². The van der Waals surface area contributed by atoms with Gasteiger partial charge in [-0.05, 0) is 58.2 Å². The number of benzene rings is 1. The summed E-state index contributed by atoms with van der Waals surface area (Å²) in [4.78, 5) is 29.9. The number of fused-ring (bicyclic) bond motifs is 1. The Hall–Kier alpha value is -3.23. The minimum Gasteiger partial charge on any atom is -0.490 e. The molecule has 184 valence electrons. The van der Waals surface area contributed by atoms with E-state index >= 15 is 0 Å². The van der Waals surface area contributed by atoms with Crippen LogP contribution in [0.5, 0.6) is 17.2 Å². The minimum atomic E-state index is -0.116. The molecule has 1 saturated heterocycles. The van der Waals surface area contributed by atoms with E-state index in [0.717, 1.165) is 31.5 Å². The fraction of sp³-hybridized carbons (Fsp3) is 0.560. The molecule has 0 aliphatic carbocycles. The van der Waals surface area contributed by atoms with Crippen LogP contribution in [0.15, 0.2) is 18.2 Å². The monoisotopic (exact) mass is 470 g/mol. The fourth-order valence-corrected chi connectivity index (χ4v) is 4.49. The summed E-state index contributed by atoms with van der Waals surface area (Å²) in [6, 6.07) is 5.35. The van der Waals surface area contributed by atoms with E-state index in [1.165, 1.54) is 0 Å². The molecule has 2 aromatic rings. The number of nitrogens with zero attached hydrogens (tertiary/aromatic N) is 4. The molecule has 0 saturated carbocycles. The van der Waals surface area contributed by atoms with Crippen LogP contribution in [-0.2, 0) is 13.0 Å². The maximum absolute atomic E-state index is 13.3. The summed E-state index contributed by atoms with van der Waals surface area (Å²) in [6.45, 7) is 9.75. The Morgan fingerprint density at radius 2 is 1.38 bits per heavy atom. The highest BCUT2D eigenvalue weighted by Gasteiger charge is 2.29. The second-order valence-corrected chi connectivity index (χ2v) is 8.39. The van der Waals surface area contributed by atoms with Crippen LogP contribution in [0.25, 0.3) is 0 Å². The number of aryl methyl sites for hydroxylation is 2. The van der Waals surface area contributed by atoms with E-state index < -0.39 is 0 Å². The number of amides is 2. The van der Waals surface area contributed by atoms with Crippen LogP contribution in [0, 0.1) is 0 Å². The lowest BCUT2D eigenvalue weighted by molar-refractivity contribution is 0.0531. The average Bonchev–Trinajstić information content (AvgIpc) is 3.30. The van der Waals surface area contributed by atoms with E-state index in [-0.39, 0.29) is 11.8 Å². The third-order valence-corrected chi connectivity index (χ3v) is 6.15. The molecular weight excluding hydrogens is 436 g/mol. The summed E-state index contributed by atoms with van der Waals surface area (Å²) in [5.41, 5.74) is 2.12. The SMILES string of the molecule is CCOc1cc(C(=O)N2CCN(C(=O)c3cc4n(n3)CCCC4)CC2)cc(OCC)c1OCC. The molecule has 1 aromatic carbocycles. The van der Waals surface area contributed by atoms with Gasteiger partial charge in [0.05, 0.1) is 19.8 Å². The standard InChI is InChI=1S/C25H34N4O5/c1-4-32-21-15-18(16-22(33-5-2)23(21)34-6-3)24(30)27-11-13-28(14-12-27)25(31)20-17-19-9-7-8-10-29(19)26-20/h15-17H,4-14H2,1-3H3. The van der Waals surface area contributed by atoms with Crippen molar-refractivity contribution in [1.29, 1.82) is 0 Å². The van der Waals surface area contributed by atoms with Gasteiger partial charge in [0, 0.05) is 44.0 Å². The van der Waals surface area contributed by atoms with Crippen molar-refractivity contribution >= 4 is 11.8 Å². The van der Waals surface area contributed by atoms with Gasteiger partial charge in [-0.25, -0.2) is 0 Å². The van der Waals surface area contributed by atoms with E-state index in [2.05, 4.69) is 5.10 Å². The summed E-state index contributed by atoms with van der Waals surface area (Å²) in [5.74, 6) is 1.33. The summed E-state index contributed by atoms with van der Waals surface area (Å²) < 4.78 is 19.2. The molecule has 0 atom stereocenters. The minimum absolute atomic E-state index is 0.0627. The number of aromatic nitrogens is 2. The van der Waals surface area contributed by atoms with Crippen LogP contribution in [0.1, 0.15) is 60.2 Å². The molecule has 0 N–H and O–H groups in total. The summed E-state index contributed by atoms with van der Waals surface area (Å²) in [6.07, 6.45) is 3.21. The van der Waals surface area contributed by atoms with Crippen molar-refractivity contribution in [3.63, 3.8) is 0 Å². The fourth-order valence-electron chi connectivity index (χ4n) is 4.49. The number of hydrogen-bond donors (Lipinski definition) is 0. The third kappa shape index (κ3) is 4.98. The van der Waals surface area contributed by atoms with Crippen LogP contribution in [0.3, 0.4) is 0 Å². The van der Waals surface area contributed by atoms with Crippen molar-refractivity contribution in [3.05, 3.63) is 35.2 Å². The first-order valence-electron chi connectivity index (χ1n) is 12.3. The Balaban J connectivity index is 1.45. The quantitative estimate of drug-likeness (QED) is 0.590. The molecule has 2 amide bonds. The molecule has 4 rings (SSSR count). The van der Waals surface area contributed by atoms with Gasteiger partial charge in [-0.2, -0.15) is 5.10 Å². The van der Waals surface area contributed by atoms with Crippen LogP contribution in [0.4, 0.5) is 0 Å². The Kier molecular flexibility index (Phi) is 7.59. The lowest BCUT2D eigenvalue weighted by Crippen LogP contribution is -2.50. The molecule has 2 aliphatic heterocycles. The Bertz CT molecular complexity index is 976.